The number of carbonyl (C=O) groups excluding carboxylic acids is 1. The molecule has 1 amide bonds. The molecule has 0 saturated carbocycles. The van der Waals surface area contributed by atoms with Crippen molar-refractivity contribution in [1.82, 2.24) is 10.3 Å². The lowest BCUT2D eigenvalue weighted by molar-refractivity contribution is 0.0951. The van der Waals surface area contributed by atoms with Gasteiger partial charge in [0.1, 0.15) is 5.01 Å². The third-order valence-corrected chi connectivity index (χ3v) is 6.75. The fourth-order valence-electron chi connectivity index (χ4n) is 2.29. The van der Waals surface area contributed by atoms with E-state index in [1.807, 2.05) is 12.3 Å². The van der Waals surface area contributed by atoms with Crippen molar-refractivity contribution < 1.29 is 13.2 Å². The number of anilines is 1. The normalized spacial score (nSPS) is 11.2. The first-order valence-electron chi connectivity index (χ1n) is 8.02. The molecule has 0 saturated heterocycles. The van der Waals surface area contributed by atoms with Crippen LogP contribution in [-0.2, 0) is 16.6 Å². The number of amides is 1. The summed E-state index contributed by atoms with van der Waals surface area (Å²) >= 11 is 13.2. The number of nitrogens with one attached hydrogen (secondary N) is 2. The maximum absolute atomic E-state index is 12.4. The van der Waals surface area contributed by atoms with Gasteiger partial charge in [0.15, 0.2) is 0 Å². The summed E-state index contributed by atoms with van der Waals surface area (Å²) in [6.45, 7) is 2.22. The molecule has 0 atom stereocenters. The molecule has 3 aromatic rings. The van der Waals surface area contributed by atoms with Crippen molar-refractivity contribution >= 4 is 56.2 Å². The van der Waals surface area contributed by atoms with Gasteiger partial charge in [-0.2, -0.15) is 0 Å². The summed E-state index contributed by atoms with van der Waals surface area (Å²) < 4.78 is 27.3. The zero-order valence-corrected chi connectivity index (χ0v) is 17.7. The van der Waals surface area contributed by atoms with Crippen LogP contribution in [-0.4, -0.2) is 19.3 Å². The van der Waals surface area contributed by atoms with Crippen LogP contribution >= 0.6 is 34.5 Å². The minimum atomic E-state index is -3.83. The number of aryl methyl sites for hydroxylation is 1. The van der Waals surface area contributed by atoms with E-state index in [-0.39, 0.29) is 20.8 Å². The van der Waals surface area contributed by atoms with Gasteiger partial charge in [0.2, 0.25) is 0 Å². The molecule has 0 unspecified atom stereocenters. The highest BCUT2D eigenvalue weighted by Crippen LogP contribution is 2.26. The molecule has 2 aromatic carbocycles. The van der Waals surface area contributed by atoms with Crippen LogP contribution in [0.2, 0.25) is 10.0 Å². The van der Waals surface area contributed by atoms with Crippen LogP contribution < -0.4 is 10.0 Å². The summed E-state index contributed by atoms with van der Waals surface area (Å²) in [4.78, 5) is 16.5. The zero-order chi connectivity index (χ0) is 20.3. The molecule has 0 aliphatic rings. The maximum Gasteiger partial charge on any atom is 0.261 e. The Kier molecular flexibility index (Phi) is 6.24. The van der Waals surface area contributed by atoms with Crippen LogP contribution in [0.4, 0.5) is 5.69 Å². The third-order valence-electron chi connectivity index (χ3n) is 3.67. The fourth-order valence-corrected chi connectivity index (χ4v) is 4.45. The molecule has 0 fully saturated rings. The predicted octanol–water partition coefficient (Wildman–Crippen LogP) is 4.49. The fraction of sp³-hybridized carbons (Fsp3) is 0.111. The SMILES string of the molecule is Cc1csc(CNC(=O)c2ccc(NS(=O)(=O)c3ccc(Cl)c(Cl)c3)cc2)n1. The largest absolute Gasteiger partial charge is 0.346 e. The molecule has 0 aliphatic heterocycles. The highest BCUT2D eigenvalue weighted by molar-refractivity contribution is 7.92. The highest BCUT2D eigenvalue weighted by Gasteiger charge is 2.16. The summed E-state index contributed by atoms with van der Waals surface area (Å²) in [5.41, 5.74) is 1.64. The minimum absolute atomic E-state index is 0.0116. The van der Waals surface area contributed by atoms with E-state index in [0.717, 1.165) is 10.7 Å². The first-order valence-corrected chi connectivity index (χ1v) is 11.1. The molecule has 0 bridgehead atoms. The molecular formula is C18H15Cl2N3O3S2. The monoisotopic (exact) mass is 455 g/mol. The van der Waals surface area contributed by atoms with Crippen LogP contribution in [0.1, 0.15) is 21.1 Å². The van der Waals surface area contributed by atoms with Crippen LogP contribution in [0.25, 0.3) is 0 Å². The average molecular weight is 456 g/mol. The average Bonchev–Trinajstić information content (AvgIpc) is 3.07. The van der Waals surface area contributed by atoms with Crippen LogP contribution in [0.3, 0.4) is 0 Å². The standard InChI is InChI=1S/C18H15Cl2N3O3S2/c1-11-10-27-17(22-11)9-21-18(24)12-2-4-13(5-3-12)23-28(25,26)14-6-7-15(19)16(20)8-14/h2-8,10,23H,9H2,1H3,(H,21,24). The summed E-state index contributed by atoms with van der Waals surface area (Å²) in [7, 11) is -3.83. The van der Waals surface area contributed by atoms with Crippen molar-refractivity contribution in [1.29, 1.82) is 0 Å². The van der Waals surface area contributed by atoms with E-state index in [4.69, 9.17) is 23.2 Å². The van der Waals surface area contributed by atoms with Crippen molar-refractivity contribution in [3.63, 3.8) is 0 Å². The van der Waals surface area contributed by atoms with Gasteiger partial charge in [-0.1, -0.05) is 23.2 Å². The number of aromatic nitrogens is 1. The van der Waals surface area contributed by atoms with Crippen molar-refractivity contribution in [2.24, 2.45) is 0 Å². The molecule has 1 heterocycles. The lowest BCUT2D eigenvalue weighted by Gasteiger charge is -2.10. The van der Waals surface area contributed by atoms with E-state index < -0.39 is 10.0 Å². The Morgan fingerprint density at radius 1 is 1.11 bits per heavy atom. The van der Waals surface area contributed by atoms with E-state index in [1.54, 1.807) is 0 Å². The first kappa shape index (κ1) is 20.6. The third kappa shape index (κ3) is 5.02. The lowest BCUT2D eigenvalue weighted by atomic mass is 10.2. The van der Waals surface area contributed by atoms with E-state index in [0.29, 0.717) is 17.8 Å². The number of hydrogen-bond acceptors (Lipinski definition) is 5. The van der Waals surface area contributed by atoms with Gasteiger partial charge < -0.3 is 5.32 Å². The van der Waals surface area contributed by atoms with Gasteiger partial charge >= 0.3 is 0 Å². The highest BCUT2D eigenvalue weighted by atomic mass is 35.5. The smallest absolute Gasteiger partial charge is 0.261 e. The minimum Gasteiger partial charge on any atom is -0.346 e. The van der Waals surface area contributed by atoms with Crippen LogP contribution in [0, 0.1) is 6.92 Å². The number of nitrogens with zero attached hydrogens (tertiary/aromatic N) is 1. The Labute approximate surface area is 176 Å². The van der Waals surface area contributed by atoms with E-state index >= 15 is 0 Å². The Balaban J connectivity index is 1.66. The maximum atomic E-state index is 12.4. The Morgan fingerprint density at radius 2 is 1.82 bits per heavy atom. The number of thiazole rings is 1. The second-order valence-corrected chi connectivity index (χ2v) is 9.26. The Bertz CT molecular complexity index is 1110. The summed E-state index contributed by atoms with van der Waals surface area (Å²) in [6, 6.07) is 10.1. The molecular weight excluding hydrogens is 441 g/mol. The molecule has 0 radical (unpaired) electrons. The molecule has 3 rings (SSSR count). The summed E-state index contributed by atoms with van der Waals surface area (Å²) in [5.74, 6) is -0.272. The molecule has 10 heteroatoms. The van der Waals surface area contributed by atoms with Crippen LogP contribution in [0.5, 0.6) is 0 Å². The van der Waals surface area contributed by atoms with Gasteiger partial charge in [0, 0.05) is 22.3 Å². The molecule has 0 aliphatic carbocycles. The topological polar surface area (TPSA) is 88.2 Å². The number of hydrogen-bond donors (Lipinski definition) is 2. The van der Waals surface area contributed by atoms with E-state index in [1.165, 1.54) is 53.8 Å². The van der Waals surface area contributed by atoms with Gasteiger partial charge in [-0.25, -0.2) is 13.4 Å². The van der Waals surface area contributed by atoms with Gasteiger partial charge in [0.05, 0.1) is 21.5 Å². The summed E-state index contributed by atoms with van der Waals surface area (Å²) in [5, 5.41) is 5.92. The van der Waals surface area contributed by atoms with Crippen molar-refractivity contribution in [2.75, 3.05) is 4.72 Å². The van der Waals surface area contributed by atoms with E-state index in [2.05, 4.69) is 15.0 Å². The lowest BCUT2D eigenvalue weighted by Crippen LogP contribution is -2.22. The van der Waals surface area contributed by atoms with Crippen molar-refractivity contribution in [2.45, 2.75) is 18.4 Å². The molecule has 2 N–H and O–H groups in total. The van der Waals surface area contributed by atoms with Crippen molar-refractivity contribution in [3.8, 4) is 0 Å². The van der Waals surface area contributed by atoms with Gasteiger partial charge in [0.25, 0.3) is 15.9 Å². The van der Waals surface area contributed by atoms with E-state index in [9.17, 15) is 13.2 Å². The molecule has 28 heavy (non-hydrogen) atoms. The first-order chi connectivity index (χ1) is 13.2. The molecule has 6 nitrogen and oxygen atoms in total. The zero-order valence-electron chi connectivity index (χ0n) is 14.6. The second-order valence-electron chi connectivity index (χ2n) is 5.82. The van der Waals surface area contributed by atoms with Gasteiger partial charge in [-0.05, 0) is 49.4 Å². The number of benzene rings is 2. The number of halogens is 2. The molecule has 1 aromatic heterocycles. The molecule has 146 valence electrons. The van der Waals surface area contributed by atoms with Crippen molar-refractivity contribution in [3.05, 3.63) is 74.2 Å². The van der Waals surface area contributed by atoms with Gasteiger partial charge in [-0.3, -0.25) is 9.52 Å². The quantitative estimate of drug-likeness (QED) is 0.572. The number of sulfonamides is 1. The number of rotatable bonds is 6. The molecule has 0 spiro atoms. The predicted molar refractivity (Wildman–Crippen MR) is 112 cm³/mol. The second kappa shape index (κ2) is 8.48. The van der Waals surface area contributed by atoms with Gasteiger partial charge in [-0.15, -0.1) is 11.3 Å². The van der Waals surface area contributed by atoms with Crippen LogP contribution in [0.15, 0.2) is 52.7 Å². The summed E-state index contributed by atoms with van der Waals surface area (Å²) in [6.07, 6.45) is 0. The Morgan fingerprint density at radius 3 is 2.43 bits per heavy atom. The number of carbonyl (C=O) groups is 1. The Hall–Kier alpha value is -2.13.